The van der Waals surface area contributed by atoms with Crippen molar-refractivity contribution in [1.29, 1.82) is 0 Å². The summed E-state index contributed by atoms with van der Waals surface area (Å²) < 4.78 is 30.9. The van der Waals surface area contributed by atoms with E-state index >= 15 is 0 Å². The van der Waals surface area contributed by atoms with Gasteiger partial charge in [0, 0.05) is 13.1 Å². The molecule has 0 aromatic heterocycles. The molecule has 6 heteroatoms. The van der Waals surface area contributed by atoms with E-state index in [1.807, 2.05) is 31.2 Å². The van der Waals surface area contributed by atoms with Crippen LogP contribution >= 0.6 is 0 Å². The standard InChI is InChI=1S/C21H25NO4S/c1-2-26-18-10-8-17(9-11-18)16-21(23)22-14-12-20(13-15-22)27(24,25)19-6-4-3-5-7-19/h3-11,20H,2,12-16H2,1H3. The SMILES string of the molecule is CCOc1ccc(CC(=O)N2CCC(S(=O)(=O)c3ccccc3)CC2)cc1. The van der Waals surface area contributed by atoms with Crippen LogP contribution in [-0.4, -0.2) is 44.2 Å². The van der Waals surface area contributed by atoms with E-state index in [2.05, 4.69) is 0 Å². The fourth-order valence-electron chi connectivity index (χ4n) is 3.37. The van der Waals surface area contributed by atoms with Crippen LogP contribution in [0.4, 0.5) is 0 Å². The highest BCUT2D eigenvalue weighted by atomic mass is 32.2. The summed E-state index contributed by atoms with van der Waals surface area (Å²) in [5.74, 6) is 0.829. The highest BCUT2D eigenvalue weighted by Gasteiger charge is 2.32. The first-order valence-corrected chi connectivity index (χ1v) is 10.8. The van der Waals surface area contributed by atoms with Gasteiger partial charge in [-0.25, -0.2) is 8.42 Å². The maximum atomic E-state index is 12.7. The van der Waals surface area contributed by atoms with E-state index in [1.165, 1.54) is 0 Å². The zero-order chi connectivity index (χ0) is 19.3. The molecule has 0 radical (unpaired) electrons. The Bertz CT molecular complexity index is 855. The summed E-state index contributed by atoms with van der Waals surface area (Å²) in [6.07, 6.45) is 1.28. The first-order chi connectivity index (χ1) is 13.0. The lowest BCUT2D eigenvalue weighted by Gasteiger charge is -2.32. The normalized spacial score (nSPS) is 15.5. The number of sulfone groups is 1. The minimum absolute atomic E-state index is 0.0368. The first kappa shape index (κ1) is 19.4. The van der Waals surface area contributed by atoms with Gasteiger partial charge in [-0.15, -0.1) is 0 Å². The lowest BCUT2D eigenvalue weighted by atomic mass is 10.1. The van der Waals surface area contributed by atoms with Crippen molar-refractivity contribution in [3.05, 3.63) is 60.2 Å². The van der Waals surface area contributed by atoms with Crippen molar-refractivity contribution in [2.24, 2.45) is 0 Å². The fourth-order valence-corrected chi connectivity index (χ4v) is 5.13. The molecule has 1 heterocycles. The van der Waals surface area contributed by atoms with Gasteiger partial charge < -0.3 is 9.64 Å². The van der Waals surface area contributed by atoms with Crippen molar-refractivity contribution in [3.8, 4) is 5.75 Å². The van der Waals surface area contributed by atoms with Gasteiger partial charge in [0.25, 0.3) is 0 Å². The number of hydrogen-bond acceptors (Lipinski definition) is 4. The summed E-state index contributed by atoms with van der Waals surface area (Å²) in [7, 11) is -3.33. The number of benzene rings is 2. The number of nitrogens with zero attached hydrogens (tertiary/aromatic N) is 1. The van der Waals surface area contributed by atoms with Crippen molar-refractivity contribution in [1.82, 2.24) is 4.90 Å². The van der Waals surface area contributed by atoms with Crippen LogP contribution in [0.15, 0.2) is 59.5 Å². The van der Waals surface area contributed by atoms with Gasteiger partial charge in [-0.1, -0.05) is 30.3 Å². The van der Waals surface area contributed by atoms with Gasteiger partial charge in [0.05, 0.1) is 23.2 Å². The summed E-state index contributed by atoms with van der Waals surface area (Å²) in [6, 6.07) is 16.1. The molecule has 27 heavy (non-hydrogen) atoms. The van der Waals surface area contributed by atoms with Crippen molar-refractivity contribution >= 4 is 15.7 Å². The number of likely N-dealkylation sites (tertiary alicyclic amines) is 1. The largest absolute Gasteiger partial charge is 0.494 e. The van der Waals surface area contributed by atoms with Crippen LogP contribution in [-0.2, 0) is 21.1 Å². The molecule has 0 atom stereocenters. The first-order valence-electron chi connectivity index (χ1n) is 9.29. The van der Waals surface area contributed by atoms with Crippen LogP contribution in [0.3, 0.4) is 0 Å². The number of rotatable bonds is 6. The molecule has 0 N–H and O–H groups in total. The average molecular weight is 388 g/mol. The molecular formula is C21H25NO4S. The highest BCUT2D eigenvalue weighted by Crippen LogP contribution is 2.25. The Hall–Kier alpha value is -2.34. The van der Waals surface area contributed by atoms with Gasteiger partial charge in [-0.05, 0) is 49.6 Å². The van der Waals surface area contributed by atoms with E-state index in [1.54, 1.807) is 35.2 Å². The van der Waals surface area contributed by atoms with Crippen molar-refractivity contribution in [2.45, 2.75) is 36.3 Å². The second kappa shape index (κ2) is 8.57. The molecule has 1 saturated heterocycles. The molecule has 3 rings (SSSR count). The second-order valence-corrected chi connectivity index (χ2v) is 8.92. The Balaban J connectivity index is 1.56. The number of carbonyl (C=O) groups is 1. The van der Waals surface area contributed by atoms with Crippen LogP contribution < -0.4 is 4.74 Å². The minimum atomic E-state index is -3.33. The lowest BCUT2D eigenvalue weighted by Crippen LogP contribution is -2.43. The Morgan fingerprint density at radius 2 is 1.67 bits per heavy atom. The number of hydrogen-bond donors (Lipinski definition) is 0. The van der Waals surface area contributed by atoms with Crippen molar-refractivity contribution in [2.75, 3.05) is 19.7 Å². The lowest BCUT2D eigenvalue weighted by molar-refractivity contribution is -0.131. The molecule has 1 aliphatic heterocycles. The molecule has 0 aliphatic carbocycles. The van der Waals surface area contributed by atoms with Crippen LogP contribution in [0.2, 0.25) is 0 Å². The molecule has 0 unspecified atom stereocenters. The van der Waals surface area contributed by atoms with Gasteiger partial charge in [0.2, 0.25) is 5.91 Å². The van der Waals surface area contributed by atoms with E-state index in [-0.39, 0.29) is 5.91 Å². The monoisotopic (exact) mass is 387 g/mol. The Morgan fingerprint density at radius 3 is 2.26 bits per heavy atom. The molecule has 0 saturated carbocycles. The maximum absolute atomic E-state index is 12.7. The third kappa shape index (κ3) is 4.69. The molecule has 0 bridgehead atoms. The highest BCUT2D eigenvalue weighted by molar-refractivity contribution is 7.92. The predicted molar refractivity (Wildman–Crippen MR) is 105 cm³/mol. The number of amides is 1. The minimum Gasteiger partial charge on any atom is -0.494 e. The van der Waals surface area contributed by atoms with Crippen LogP contribution in [0, 0.1) is 0 Å². The zero-order valence-corrected chi connectivity index (χ0v) is 16.3. The molecule has 1 fully saturated rings. The third-order valence-corrected chi connectivity index (χ3v) is 7.17. The molecule has 1 amide bonds. The summed E-state index contributed by atoms with van der Waals surface area (Å²) in [6.45, 7) is 3.50. The van der Waals surface area contributed by atoms with Crippen molar-refractivity contribution in [3.63, 3.8) is 0 Å². The van der Waals surface area contributed by atoms with Crippen LogP contribution in [0.25, 0.3) is 0 Å². The maximum Gasteiger partial charge on any atom is 0.226 e. The summed E-state index contributed by atoms with van der Waals surface area (Å²) in [4.78, 5) is 14.7. The van der Waals surface area contributed by atoms with Gasteiger partial charge in [0.15, 0.2) is 9.84 Å². The smallest absolute Gasteiger partial charge is 0.226 e. The van der Waals surface area contributed by atoms with E-state index in [0.717, 1.165) is 11.3 Å². The number of ether oxygens (including phenoxy) is 1. The Labute approximate surface area is 160 Å². The van der Waals surface area contributed by atoms with Crippen LogP contribution in [0.5, 0.6) is 5.75 Å². The summed E-state index contributed by atoms with van der Waals surface area (Å²) in [5.41, 5.74) is 0.933. The van der Waals surface area contributed by atoms with Gasteiger partial charge in [0.1, 0.15) is 5.75 Å². The zero-order valence-electron chi connectivity index (χ0n) is 15.5. The Kier molecular flexibility index (Phi) is 6.16. The third-order valence-electron chi connectivity index (χ3n) is 4.89. The Morgan fingerprint density at radius 1 is 1.04 bits per heavy atom. The van der Waals surface area contributed by atoms with E-state index in [4.69, 9.17) is 4.74 Å². The van der Waals surface area contributed by atoms with E-state index in [0.29, 0.717) is 43.9 Å². The van der Waals surface area contributed by atoms with Crippen LogP contribution in [0.1, 0.15) is 25.3 Å². The molecule has 0 spiro atoms. The second-order valence-electron chi connectivity index (χ2n) is 6.69. The quantitative estimate of drug-likeness (QED) is 0.764. The number of piperidine rings is 1. The van der Waals surface area contributed by atoms with Gasteiger partial charge >= 0.3 is 0 Å². The van der Waals surface area contributed by atoms with Gasteiger partial charge in [-0.3, -0.25) is 4.79 Å². The topological polar surface area (TPSA) is 63.7 Å². The average Bonchev–Trinajstić information content (AvgIpc) is 2.70. The fraction of sp³-hybridized carbons (Fsp3) is 0.381. The number of carbonyl (C=O) groups excluding carboxylic acids is 1. The van der Waals surface area contributed by atoms with Gasteiger partial charge in [-0.2, -0.15) is 0 Å². The molecule has 1 aliphatic rings. The summed E-state index contributed by atoms with van der Waals surface area (Å²) >= 11 is 0. The van der Waals surface area contributed by atoms with E-state index < -0.39 is 15.1 Å². The predicted octanol–water partition coefficient (Wildman–Crippen LogP) is 3.09. The molecule has 2 aromatic rings. The van der Waals surface area contributed by atoms with Crippen molar-refractivity contribution < 1.29 is 17.9 Å². The molecule has 2 aromatic carbocycles. The summed E-state index contributed by atoms with van der Waals surface area (Å²) in [5, 5.41) is -0.422. The van der Waals surface area contributed by atoms with E-state index in [9.17, 15) is 13.2 Å². The molecule has 5 nitrogen and oxygen atoms in total. The molecular weight excluding hydrogens is 362 g/mol. The molecule has 144 valence electrons.